The number of hydrogen-bond donors (Lipinski definition) is 3. The van der Waals surface area contributed by atoms with Crippen molar-refractivity contribution < 1.29 is 15.0 Å². The highest BCUT2D eigenvalue weighted by molar-refractivity contribution is 5.95. The first kappa shape index (κ1) is 16.4. The highest BCUT2D eigenvalue weighted by atomic mass is 16.4. The summed E-state index contributed by atoms with van der Waals surface area (Å²) in [6, 6.07) is 1.72. The molecule has 20 heavy (non-hydrogen) atoms. The van der Waals surface area contributed by atoms with Crippen LogP contribution in [0.15, 0.2) is 6.07 Å². The minimum atomic E-state index is -0.992. The molecule has 0 aromatic carbocycles. The van der Waals surface area contributed by atoms with Gasteiger partial charge in [-0.3, -0.25) is 4.98 Å². The van der Waals surface area contributed by atoms with Crippen LogP contribution in [0.4, 0.5) is 5.69 Å². The number of nitrogens with zero attached hydrogens (tertiary/aromatic N) is 1. The fourth-order valence-corrected chi connectivity index (χ4v) is 2.25. The molecule has 0 amide bonds. The number of aliphatic hydroxyl groups is 1. The standard InChI is InChI=1S/C15H24N2O3/c1-9-8-11(13(14(19)20)10(2)16-9)17-12(6-7-18)15(3,4)5/h8,12,18H,6-7H2,1-5H3,(H,16,17)(H,19,20). The number of aliphatic hydroxyl groups excluding tert-OH is 1. The van der Waals surface area contributed by atoms with Crippen LogP contribution < -0.4 is 5.32 Å². The van der Waals surface area contributed by atoms with Crippen molar-refractivity contribution in [3.63, 3.8) is 0 Å². The summed E-state index contributed by atoms with van der Waals surface area (Å²) in [5, 5.41) is 21.8. The van der Waals surface area contributed by atoms with Crippen molar-refractivity contribution in [2.75, 3.05) is 11.9 Å². The zero-order valence-electron chi connectivity index (χ0n) is 12.8. The highest BCUT2D eigenvalue weighted by Gasteiger charge is 2.26. The lowest BCUT2D eigenvalue weighted by Gasteiger charge is -2.32. The van der Waals surface area contributed by atoms with E-state index in [1.165, 1.54) is 0 Å². The van der Waals surface area contributed by atoms with Crippen molar-refractivity contribution in [3.05, 3.63) is 23.0 Å². The second-order valence-corrected chi connectivity index (χ2v) is 6.15. The van der Waals surface area contributed by atoms with E-state index in [0.29, 0.717) is 17.8 Å². The number of pyridine rings is 1. The fraction of sp³-hybridized carbons (Fsp3) is 0.600. The molecule has 0 saturated carbocycles. The molecule has 0 aliphatic rings. The van der Waals surface area contributed by atoms with E-state index in [-0.39, 0.29) is 23.6 Å². The third-order valence-electron chi connectivity index (χ3n) is 3.34. The molecule has 0 fully saturated rings. The normalized spacial score (nSPS) is 13.1. The molecule has 1 aromatic heterocycles. The third-order valence-corrected chi connectivity index (χ3v) is 3.34. The fourth-order valence-electron chi connectivity index (χ4n) is 2.25. The molecule has 1 unspecified atom stereocenters. The van der Waals surface area contributed by atoms with Gasteiger partial charge in [-0.05, 0) is 31.7 Å². The van der Waals surface area contributed by atoms with E-state index in [2.05, 4.69) is 31.1 Å². The van der Waals surface area contributed by atoms with Crippen LogP contribution in [0.25, 0.3) is 0 Å². The van der Waals surface area contributed by atoms with Crippen LogP contribution in [0.3, 0.4) is 0 Å². The smallest absolute Gasteiger partial charge is 0.339 e. The van der Waals surface area contributed by atoms with Gasteiger partial charge in [-0.25, -0.2) is 4.79 Å². The maximum Gasteiger partial charge on any atom is 0.339 e. The maximum atomic E-state index is 11.4. The Hall–Kier alpha value is -1.62. The first-order valence-electron chi connectivity index (χ1n) is 6.75. The van der Waals surface area contributed by atoms with Crippen LogP contribution in [-0.2, 0) is 0 Å². The predicted molar refractivity (Wildman–Crippen MR) is 79.2 cm³/mol. The summed E-state index contributed by atoms with van der Waals surface area (Å²) in [5.74, 6) is -0.992. The molecule has 112 valence electrons. The Bertz CT molecular complexity index is 493. The number of rotatable bonds is 5. The SMILES string of the molecule is Cc1cc(NC(CCO)C(C)(C)C)c(C(=O)O)c(C)n1. The molecule has 5 nitrogen and oxygen atoms in total. The number of carboxylic acid groups (broad SMARTS) is 1. The molecule has 1 aromatic rings. The highest BCUT2D eigenvalue weighted by Crippen LogP contribution is 2.28. The molecule has 0 bridgehead atoms. The zero-order chi connectivity index (χ0) is 15.5. The maximum absolute atomic E-state index is 11.4. The second kappa shape index (κ2) is 6.22. The first-order valence-corrected chi connectivity index (χ1v) is 6.75. The van der Waals surface area contributed by atoms with E-state index >= 15 is 0 Å². The number of carboxylic acids is 1. The molecular formula is C15H24N2O3. The third kappa shape index (κ3) is 3.93. The van der Waals surface area contributed by atoms with Crippen molar-refractivity contribution in [1.29, 1.82) is 0 Å². The summed E-state index contributed by atoms with van der Waals surface area (Å²) in [7, 11) is 0. The first-order chi connectivity index (χ1) is 9.16. The molecule has 3 N–H and O–H groups in total. The van der Waals surface area contributed by atoms with Gasteiger partial charge in [0.1, 0.15) is 5.56 Å². The minimum absolute atomic E-state index is 0.0215. The Kier molecular flexibility index (Phi) is 5.11. The molecule has 0 aliphatic carbocycles. The van der Waals surface area contributed by atoms with E-state index < -0.39 is 5.97 Å². The van der Waals surface area contributed by atoms with Crippen LogP contribution in [0.1, 0.15) is 48.9 Å². The summed E-state index contributed by atoms with van der Waals surface area (Å²) in [4.78, 5) is 15.6. The monoisotopic (exact) mass is 280 g/mol. The van der Waals surface area contributed by atoms with Crippen molar-refractivity contribution >= 4 is 11.7 Å². The molecule has 0 spiro atoms. The number of anilines is 1. The lowest BCUT2D eigenvalue weighted by Crippen LogP contribution is -2.35. The number of aromatic carboxylic acids is 1. The molecule has 5 heteroatoms. The summed E-state index contributed by atoms with van der Waals surface area (Å²) in [6.45, 7) is 9.76. The minimum Gasteiger partial charge on any atom is -0.478 e. The summed E-state index contributed by atoms with van der Waals surface area (Å²) < 4.78 is 0. The Labute approximate surface area is 120 Å². The number of aryl methyl sites for hydroxylation is 2. The quantitative estimate of drug-likeness (QED) is 0.772. The van der Waals surface area contributed by atoms with Gasteiger partial charge in [-0.1, -0.05) is 20.8 Å². The van der Waals surface area contributed by atoms with Crippen LogP contribution in [0.2, 0.25) is 0 Å². The lowest BCUT2D eigenvalue weighted by molar-refractivity contribution is 0.0696. The van der Waals surface area contributed by atoms with Gasteiger partial charge >= 0.3 is 5.97 Å². The molecule has 0 saturated heterocycles. The van der Waals surface area contributed by atoms with Gasteiger partial charge in [0.25, 0.3) is 0 Å². The van der Waals surface area contributed by atoms with E-state index in [0.717, 1.165) is 5.69 Å². The van der Waals surface area contributed by atoms with E-state index in [9.17, 15) is 15.0 Å². The van der Waals surface area contributed by atoms with E-state index in [4.69, 9.17) is 0 Å². The lowest BCUT2D eigenvalue weighted by atomic mass is 9.84. The number of aromatic nitrogens is 1. The largest absolute Gasteiger partial charge is 0.478 e. The van der Waals surface area contributed by atoms with Crippen LogP contribution in [-0.4, -0.2) is 33.8 Å². The Morgan fingerprint density at radius 2 is 2.00 bits per heavy atom. The van der Waals surface area contributed by atoms with Gasteiger partial charge in [-0.15, -0.1) is 0 Å². The van der Waals surface area contributed by atoms with Crippen LogP contribution in [0.5, 0.6) is 0 Å². The molecule has 0 aliphatic heterocycles. The summed E-state index contributed by atoms with van der Waals surface area (Å²) >= 11 is 0. The molecule has 0 radical (unpaired) electrons. The average molecular weight is 280 g/mol. The van der Waals surface area contributed by atoms with Gasteiger partial charge in [0.2, 0.25) is 0 Å². The summed E-state index contributed by atoms with van der Waals surface area (Å²) in [5.41, 5.74) is 1.94. The Balaban J connectivity index is 3.21. The Morgan fingerprint density at radius 1 is 1.40 bits per heavy atom. The van der Waals surface area contributed by atoms with Gasteiger partial charge < -0.3 is 15.5 Å². The van der Waals surface area contributed by atoms with Gasteiger partial charge in [0.15, 0.2) is 0 Å². The van der Waals surface area contributed by atoms with Crippen LogP contribution in [0, 0.1) is 19.3 Å². The van der Waals surface area contributed by atoms with Gasteiger partial charge in [0.05, 0.1) is 11.4 Å². The Morgan fingerprint density at radius 3 is 2.45 bits per heavy atom. The van der Waals surface area contributed by atoms with Crippen molar-refractivity contribution in [2.24, 2.45) is 5.41 Å². The van der Waals surface area contributed by atoms with E-state index in [1.807, 2.05) is 6.92 Å². The number of carbonyl (C=O) groups is 1. The molecule has 1 rings (SSSR count). The zero-order valence-corrected chi connectivity index (χ0v) is 12.8. The predicted octanol–water partition coefficient (Wildman–Crippen LogP) is 2.61. The van der Waals surface area contributed by atoms with E-state index in [1.54, 1.807) is 13.0 Å². The topological polar surface area (TPSA) is 82.5 Å². The second-order valence-electron chi connectivity index (χ2n) is 6.15. The van der Waals surface area contributed by atoms with Gasteiger partial charge in [-0.2, -0.15) is 0 Å². The van der Waals surface area contributed by atoms with Crippen molar-refractivity contribution in [1.82, 2.24) is 4.98 Å². The molecular weight excluding hydrogens is 256 g/mol. The molecule has 1 atom stereocenters. The average Bonchev–Trinajstić information content (AvgIpc) is 2.25. The van der Waals surface area contributed by atoms with Gasteiger partial charge in [0, 0.05) is 18.3 Å². The van der Waals surface area contributed by atoms with Crippen molar-refractivity contribution in [2.45, 2.75) is 47.1 Å². The number of nitrogens with one attached hydrogen (secondary N) is 1. The van der Waals surface area contributed by atoms with Crippen molar-refractivity contribution in [3.8, 4) is 0 Å². The van der Waals surface area contributed by atoms with Crippen LogP contribution >= 0.6 is 0 Å². The summed E-state index contributed by atoms with van der Waals surface area (Å²) in [6.07, 6.45) is 0.559. The number of hydrogen-bond acceptors (Lipinski definition) is 4. The molecule has 1 heterocycles.